The second-order valence-corrected chi connectivity index (χ2v) is 3.59. The standard InChI is InChI=1S/C10H19NO3/c1-2-4-11-6-10(12)14-8-9-3-5-13-7-9/h9,11H,2-8H2,1H3. The zero-order valence-electron chi connectivity index (χ0n) is 8.75. The van der Waals surface area contributed by atoms with Crippen molar-refractivity contribution in [2.45, 2.75) is 19.8 Å². The van der Waals surface area contributed by atoms with Crippen molar-refractivity contribution in [3.63, 3.8) is 0 Å². The van der Waals surface area contributed by atoms with Gasteiger partial charge >= 0.3 is 5.97 Å². The lowest BCUT2D eigenvalue weighted by Gasteiger charge is -2.09. The molecule has 0 aliphatic carbocycles. The van der Waals surface area contributed by atoms with Gasteiger partial charge in [-0.3, -0.25) is 4.79 Å². The number of carbonyl (C=O) groups is 1. The van der Waals surface area contributed by atoms with Gasteiger partial charge in [-0.1, -0.05) is 6.92 Å². The Bertz CT molecular complexity index is 167. The minimum absolute atomic E-state index is 0.162. The van der Waals surface area contributed by atoms with Gasteiger partial charge in [0, 0.05) is 12.5 Å². The quantitative estimate of drug-likeness (QED) is 0.504. The first-order valence-corrected chi connectivity index (χ1v) is 5.27. The lowest BCUT2D eigenvalue weighted by atomic mass is 10.1. The molecule has 1 saturated heterocycles. The van der Waals surface area contributed by atoms with E-state index < -0.39 is 0 Å². The maximum atomic E-state index is 11.1. The predicted octanol–water partition coefficient (Wildman–Crippen LogP) is 0.566. The second-order valence-electron chi connectivity index (χ2n) is 3.59. The molecule has 4 nitrogen and oxygen atoms in total. The van der Waals surface area contributed by atoms with E-state index in [2.05, 4.69) is 12.2 Å². The van der Waals surface area contributed by atoms with E-state index in [1.807, 2.05) is 0 Å². The first-order chi connectivity index (χ1) is 6.83. The molecule has 1 unspecified atom stereocenters. The van der Waals surface area contributed by atoms with Gasteiger partial charge in [0.25, 0.3) is 0 Å². The van der Waals surface area contributed by atoms with E-state index in [4.69, 9.17) is 9.47 Å². The highest BCUT2D eigenvalue weighted by molar-refractivity contribution is 5.71. The first kappa shape index (κ1) is 11.5. The molecule has 1 heterocycles. The molecule has 0 aromatic rings. The van der Waals surface area contributed by atoms with Gasteiger partial charge in [0.05, 0.1) is 19.8 Å². The molecule has 1 fully saturated rings. The number of hydrogen-bond acceptors (Lipinski definition) is 4. The molecule has 0 aromatic carbocycles. The highest BCUT2D eigenvalue weighted by Crippen LogP contribution is 2.11. The first-order valence-electron chi connectivity index (χ1n) is 5.27. The number of hydrogen-bond donors (Lipinski definition) is 1. The molecular weight excluding hydrogens is 182 g/mol. The van der Waals surface area contributed by atoms with Crippen LogP contribution in [0.5, 0.6) is 0 Å². The highest BCUT2D eigenvalue weighted by atomic mass is 16.5. The van der Waals surface area contributed by atoms with Crippen LogP contribution in [0.4, 0.5) is 0 Å². The summed E-state index contributed by atoms with van der Waals surface area (Å²) in [4.78, 5) is 11.1. The Labute approximate surface area is 85.0 Å². The van der Waals surface area contributed by atoms with E-state index >= 15 is 0 Å². The summed E-state index contributed by atoms with van der Waals surface area (Å²) in [5, 5.41) is 3.00. The van der Waals surface area contributed by atoms with Gasteiger partial charge in [-0.25, -0.2) is 0 Å². The molecular formula is C10H19NO3. The summed E-state index contributed by atoms with van der Waals surface area (Å²) in [6, 6.07) is 0. The molecule has 0 radical (unpaired) electrons. The Morgan fingerprint density at radius 3 is 3.14 bits per heavy atom. The summed E-state index contributed by atoms with van der Waals surface area (Å²) in [5.41, 5.74) is 0. The van der Waals surface area contributed by atoms with Crippen molar-refractivity contribution >= 4 is 5.97 Å². The summed E-state index contributed by atoms with van der Waals surface area (Å²) in [5.74, 6) is 0.246. The number of esters is 1. The Morgan fingerprint density at radius 1 is 1.64 bits per heavy atom. The molecule has 82 valence electrons. The van der Waals surface area contributed by atoms with Crippen LogP contribution in [-0.2, 0) is 14.3 Å². The van der Waals surface area contributed by atoms with Crippen molar-refractivity contribution in [3.8, 4) is 0 Å². The van der Waals surface area contributed by atoms with Crippen LogP contribution in [0.1, 0.15) is 19.8 Å². The van der Waals surface area contributed by atoms with Gasteiger partial charge in [0.1, 0.15) is 0 Å². The number of carbonyl (C=O) groups excluding carboxylic acids is 1. The Hall–Kier alpha value is -0.610. The van der Waals surface area contributed by atoms with Crippen LogP contribution >= 0.6 is 0 Å². The monoisotopic (exact) mass is 201 g/mol. The molecule has 0 saturated carbocycles. The summed E-state index contributed by atoms with van der Waals surface area (Å²) >= 11 is 0. The smallest absolute Gasteiger partial charge is 0.319 e. The van der Waals surface area contributed by atoms with E-state index in [1.54, 1.807) is 0 Å². The maximum Gasteiger partial charge on any atom is 0.319 e. The summed E-state index contributed by atoms with van der Waals surface area (Å²) < 4.78 is 10.3. The van der Waals surface area contributed by atoms with E-state index in [-0.39, 0.29) is 5.97 Å². The summed E-state index contributed by atoms with van der Waals surface area (Å²) in [7, 11) is 0. The van der Waals surface area contributed by atoms with Gasteiger partial charge in [0.15, 0.2) is 0 Å². The average Bonchev–Trinajstić information content (AvgIpc) is 2.68. The Balaban J connectivity index is 1.96. The van der Waals surface area contributed by atoms with Crippen LogP contribution in [-0.4, -0.2) is 38.9 Å². The number of nitrogens with one attached hydrogen (secondary N) is 1. The predicted molar refractivity (Wildman–Crippen MR) is 53.0 cm³/mol. The molecule has 14 heavy (non-hydrogen) atoms. The van der Waals surface area contributed by atoms with Gasteiger partial charge in [-0.05, 0) is 19.4 Å². The molecule has 1 N–H and O–H groups in total. The molecule has 1 rings (SSSR count). The van der Waals surface area contributed by atoms with Crippen LogP contribution in [0.25, 0.3) is 0 Å². The normalized spacial score (nSPS) is 21.1. The fourth-order valence-corrected chi connectivity index (χ4v) is 1.34. The fourth-order valence-electron chi connectivity index (χ4n) is 1.34. The van der Waals surface area contributed by atoms with E-state index in [0.717, 1.165) is 32.6 Å². The van der Waals surface area contributed by atoms with Crippen LogP contribution in [0.3, 0.4) is 0 Å². The topological polar surface area (TPSA) is 47.6 Å². The van der Waals surface area contributed by atoms with Crippen molar-refractivity contribution < 1.29 is 14.3 Å². The molecule has 0 spiro atoms. The Morgan fingerprint density at radius 2 is 2.50 bits per heavy atom. The maximum absolute atomic E-state index is 11.1. The largest absolute Gasteiger partial charge is 0.464 e. The van der Waals surface area contributed by atoms with Crippen molar-refractivity contribution in [3.05, 3.63) is 0 Å². The fraction of sp³-hybridized carbons (Fsp3) is 0.900. The van der Waals surface area contributed by atoms with Crippen molar-refractivity contribution in [2.75, 3.05) is 32.9 Å². The van der Waals surface area contributed by atoms with Crippen LogP contribution in [0.2, 0.25) is 0 Å². The molecule has 0 bridgehead atoms. The summed E-state index contributed by atoms with van der Waals surface area (Å²) in [6.07, 6.45) is 2.04. The second kappa shape index (κ2) is 6.79. The third-order valence-electron chi connectivity index (χ3n) is 2.20. The van der Waals surface area contributed by atoms with Gasteiger partial charge in [-0.15, -0.1) is 0 Å². The van der Waals surface area contributed by atoms with Crippen molar-refractivity contribution in [1.29, 1.82) is 0 Å². The lowest BCUT2D eigenvalue weighted by molar-refractivity contribution is -0.143. The van der Waals surface area contributed by atoms with E-state index in [0.29, 0.717) is 19.1 Å². The molecule has 0 amide bonds. The zero-order chi connectivity index (χ0) is 10.2. The molecule has 1 atom stereocenters. The number of ether oxygens (including phenoxy) is 2. The number of rotatable bonds is 6. The SMILES string of the molecule is CCCNCC(=O)OCC1CCOC1. The van der Waals surface area contributed by atoms with E-state index in [1.165, 1.54) is 0 Å². The van der Waals surface area contributed by atoms with Crippen LogP contribution in [0.15, 0.2) is 0 Å². The van der Waals surface area contributed by atoms with Crippen LogP contribution < -0.4 is 5.32 Å². The van der Waals surface area contributed by atoms with Gasteiger partial charge in [-0.2, -0.15) is 0 Å². The highest BCUT2D eigenvalue weighted by Gasteiger charge is 2.17. The molecule has 4 heteroatoms. The van der Waals surface area contributed by atoms with E-state index in [9.17, 15) is 4.79 Å². The molecule has 1 aliphatic rings. The van der Waals surface area contributed by atoms with Crippen molar-refractivity contribution in [2.24, 2.45) is 5.92 Å². The lowest BCUT2D eigenvalue weighted by Crippen LogP contribution is -2.26. The summed E-state index contributed by atoms with van der Waals surface area (Å²) in [6.45, 7) is 5.29. The third kappa shape index (κ3) is 4.58. The van der Waals surface area contributed by atoms with Gasteiger partial charge in [0.2, 0.25) is 0 Å². The third-order valence-corrected chi connectivity index (χ3v) is 2.20. The zero-order valence-corrected chi connectivity index (χ0v) is 8.75. The average molecular weight is 201 g/mol. The molecule has 0 aromatic heterocycles. The van der Waals surface area contributed by atoms with Gasteiger partial charge < -0.3 is 14.8 Å². The molecule has 1 aliphatic heterocycles. The minimum Gasteiger partial charge on any atom is -0.464 e. The van der Waals surface area contributed by atoms with Crippen LogP contribution in [0, 0.1) is 5.92 Å². The minimum atomic E-state index is -0.162. The Kier molecular flexibility index (Phi) is 5.56. The van der Waals surface area contributed by atoms with Crippen molar-refractivity contribution in [1.82, 2.24) is 5.32 Å².